The molecule has 8 heteroatoms. The summed E-state index contributed by atoms with van der Waals surface area (Å²) in [6.07, 6.45) is 1.22. The van der Waals surface area contributed by atoms with Crippen molar-refractivity contribution in [2.24, 2.45) is 0 Å². The van der Waals surface area contributed by atoms with Crippen molar-refractivity contribution >= 4 is 40.8 Å². The Labute approximate surface area is 216 Å². The molecule has 0 radical (unpaired) electrons. The van der Waals surface area contributed by atoms with Gasteiger partial charge in [0.1, 0.15) is 0 Å². The zero-order valence-corrected chi connectivity index (χ0v) is 20.7. The van der Waals surface area contributed by atoms with Crippen LogP contribution in [0, 0.1) is 0 Å². The predicted molar refractivity (Wildman–Crippen MR) is 144 cm³/mol. The molecular weight excluding hydrogens is 474 g/mol. The minimum Gasteiger partial charge on any atom is -0.465 e. The van der Waals surface area contributed by atoms with Crippen molar-refractivity contribution < 1.29 is 19.1 Å². The Balaban J connectivity index is 1.39. The minimum absolute atomic E-state index is 0.0435. The van der Waals surface area contributed by atoms with Crippen LogP contribution in [0.25, 0.3) is 0 Å². The molecule has 2 amide bonds. The molecule has 36 heavy (non-hydrogen) atoms. The van der Waals surface area contributed by atoms with Gasteiger partial charge in [-0.05, 0) is 41.9 Å². The van der Waals surface area contributed by atoms with Gasteiger partial charge in [-0.25, -0.2) is 0 Å². The number of rotatable bonds is 11. The highest BCUT2D eigenvalue weighted by atomic mass is 32.1. The molecule has 0 saturated heterocycles. The molecule has 0 aromatic heterocycles. The van der Waals surface area contributed by atoms with E-state index in [0.717, 1.165) is 11.1 Å². The van der Waals surface area contributed by atoms with Crippen molar-refractivity contribution in [1.82, 2.24) is 10.6 Å². The average molecular weight is 504 g/mol. The van der Waals surface area contributed by atoms with Gasteiger partial charge in [-0.1, -0.05) is 72.8 Å². The van der Waals surface area contributed by atoms with E-state index in [9.17, 15) is 14.4 Å². The molecular formula is C28H29N3O4S. The number of benzene rings is 3. The zero-order valence-electron chi connectivity index (χ0n) is 19.9. The van der Waals surface area contributed by atoms with Crippen LogP contribution < -0.4 is 16.0 Å². The molecule has 3 aromatic rings. The number of ether oxygens (including phenoxy) is 1. The van der Waals surface area contributed by atoms with Crippen LogP contribution in [-0.2, 0) is 27.2 Å². The van der Waals surface area contributed by atoms with Crippen molar-refractivity contribution in [3.63, 3.8) is 0 Å². The molecule has 7 nitrogen and oxygen atoms in total. The molecule has 0 unspecified atom stereocenters. The van der Waals surface area contributed by atoms with E-state index in [1.54, 1.807) is 24.3 Å². The second-order valence-corrected chi connectivity index (χ2v) is 8.40. The van der Waals surface area contributed by atoms with Gasteiger partial charge in [-0.2, -0.15) is 0 Å². The van der Waals surface area contributed by atoms with Crippen LogP contribution in [0.15, 0.2) is 84.9 Å². The largest absolute Gasteiger partial charge is 0.465 e. The Kier molecular flexibility index (Phi) is 10.6. The summed E-state index contributed by atoms with van der Waals surface area (Å²) in [4.78, 5) is 36.8. The van der Waals surface area contributed by atoms with Crippen LogP contribution in [0.3, 0.4) is 0 Å². The second kappa shape index (κ2) is 14.4. The number of hydrogen-bond acceptors (Lipinski definition) is 5. The lowest BCUT2D eigenvalue weighted by molar-refractivity contribution is -0.144. The van der Waals surface area contributed by atoms with Gasteiger partial charge in [-0.3, -0.25) is 14.4 Å². The third kappa shape index (κ3) is 9.31. The fraction of sp³-hybridized carbons (Fsp3) is 0.214. The number of thiocarbonyl (C=S) groups is 1. The fourth-order valence-corrected chi connectivity index (χ4v) is 3.63. The van der Waals surface area contributed by atoms with Crippen molar-refractivity contribution in [1.29, 1.82) is 0 Å². The second-order valence-electron chi connectivity index (χ2n) is 8.00. The number of hydrogen-bond donors (Lipinski definition) is 3. The Morgan fingerprint density at radius 2 is 1.36 bits per heavy atom. The molecule has 0 spiro atoms. The van der Waals surface area contributed by atoms with Crippen molar-refractivity contribution in [3.05, 3.63) is 102 Å². The summed E-state index contributed by atoms with van der Waals surface area (Å²) in [7, 11) is 0. The monoisotopic (exact) mass is 503 g/mol. The third-order valence-electron chi connectivity index (χ3n) is 5.27. The van der Waals surface area contributed by atoms with Gasteiger partial charge in [0, 0.05) is 19.4 Å². The zero-order chi connectivity index (χ0) is 25.6. The van der Waals surface area contributed by atoms with E-state index in [1.165, 1.54) is 0 Å². The summed E-state index contributed by atoms with van der Waals surface area (Å²) >= 11 is 5.22. The average Bonchev–Trinajstić information content (AvgIpc) is 2.89. The van der Waals surface area contributed by atoms with Gasteiger partial charge in [0.05, 0.1) is 24.3 Å². The molecule has 0 aliphatic carbocycles. The van der Waals surface area contributed by atoms with Crippen LogP contribution in [0.5, 0.6) is 0 Å². The molecule has 0 saturated carbocycles. The van der Waals surface area contributed by atoms with Crippen molar-refractivity contribution in [2.45, 2.75) is 25.7 Å². The first-order chi connectivity index (χ1) is 17.5. The van der Waals surface area contributed by atoms with Crippen LogP contribution in [0.1, 0.15) is 34.3 Å². The summed E-state index contributed by atoms with van der Waals surface area (Å²) in [5.41, 5.74) is 3.09. The van der Waals surface area contributed by atoms with Gasteiger partial charge in [0.25, 0.3) is 5.91 Å². The van der Waals surface area contributed by atoms with Gasteiger partial charge < -0.3 is 20.7 Å². The van der Waals surface area contributed by atoms with Crippen LogP contribution >= 0.6 is 12.2 Å². The molecule has 3 N–H and O–H groups in total. The van der Waals surface area contributed by atoms with Crippen LogP contribution in [0.4, 0.5) is 5.69 Å². The maximum atomic E-state index is 12.7. The van der Waals surface area contributed by atoms with Gasteiger partial charge in [0.15, 0.2) is 5.11 Å². The first kappa shape index (κ1) is 26.6. The smallest absolute Gasteiger partial charge is 0.306 e. The van der Waals surface area contributed by atoms with E-state index in [2.05, 4.69) is 16.0 Å². The third-order valence-corrected chi connectivity index (χ3v) is 5.47. The van der Waals surface area contributed by atoms with Crippen LogP contribution in [-0.4, -0.2) is 36.0 Å². The summed E-state index contributed by atoms with van der Waals surface area (Å²) < 4.78 is 5.19. The van der Waals surface area contributed by atoms with E-state index in [-0.39, 0.29) is 30.5 Å². The predicted octanol–water partition coefficient (Wildman–Crippen LogP) is 4.04. The number of amides is 2. The Morgan fingerprint density at radius 1 is 0.750 bits per heavy atom. The maximum Gasteiger partial charge on any atom is 0.306 e. The molecule has 0 heterocycles. The first-order valence-corrected chi connectivity index (χ1v) is 12.1. The Morgan fingerprint density at radius 3 is 2.06 bits per heavy atom. The highest BCUT2D eigenvalue weighted by molar-refractivity contribution is 7.80. The van der Waals surface area contributed by atoms with E-state index in [4.69, 9.17) is 17.0 Å². The van der Waals surface area contributed by atoms with Gasteiger partial charge in [0.2, 0.25) is 5.91 Å². The molecule has 0 fully saturated rings. The summed E-state index contributed by atoms with van der Waals surface area (Å²) in [6, 6.07) is 26.5. The molecule has 0 aliphatic heterocycles. The van der Waals surface area contributed by atoms with Crippen molar-refractivity contribution in [3.8, 4) is 0 Å². The molecule has 186 valence electrons. The summed E-state index contributed by atoms with van der Waals surface area (Å²) in [5, 5.41) is 8.38. The Hall–Kier alpha value is -4.04. The normalized spacial score (nSPS) is 10.2. The van der Waals surface area contributed by atoms with Gasteiger partial charge >= 0.3 is 5.97 Å². The highest BCUT2D eigenvalue weighted by Gasteiger charge is 2.14. The van der Waals surface area contributed by atoms with E-state index < -0.39 is 11.9 Å². The number of anilines is 1. The number of carbonyl (C=O) groups is 3. The summed E-state index contributed by atoms with van der Waals surface area (Å²) in [5.74, 6) is -1.11. The standard InChI is InChI=1S/C28H29N3O4S/c32-25(15-16-26(33)35-20-18-22-11-5-2-6-12-22)31-28(36)30-24-14-8-7-13-23(24)27(34)29-19-17-21-9-3-1-4-10-21/h1-14H,15-20H2,(H,29,34)(H2,30,31,32,36). The van der Waals surface area contributed by atoms with E-state index in [0.29, 0.717) is 30.6 Å². The van der Waals surface area contributed by atoms with Crippen LogP contribution in [0.2, 0.25) is 0 Å². The first-order valence-electron chi connectivity index (χ1n) is 11.7. The molecule has 3 aromatic carbocycles. The minimum atomic E-state index is -0.447. The molecule has 3 rings (SSSR count). The number of carbonyl (C=O) groups excluding carboxylic acids is 3. The van der Waals surface area contributed by atoms with Gasteiger partial charge in [-0.15, -0.1) is 0 Å². The SMILES string of the molecule is O=C(CCC(=O)OCCc1ccccc1)NC(=S)Nc1ccccc1C(=O)NCCc1ccccc1. The number of para-hydroxylation sites is 1. The lowest BCUT2D eigenvalue weighted by Gasteiger charge is -2.13. The summed E-state index contributed by atoms with van der Waals surface area (Å²) in [6.45, 7) is 0.744. The molecule has 0 atom stereocenters. The fourth-order valence-electron chi connectivity index (χ4n) is 3.41. The highest BCUT2D eigenvalue weighted by Crippen LogP contribution is 2.15. The van der Waals surface area contributed by atoms with E-state index in [1.807, 2.05) is 60.7 Å². The molecule has 0 bridgehead atoms. The lowest BCUT2D eigenvalue weighted by atomic mass is 10.1. The maximum absolute atomic E-state index is 12.7. The lowest BCUT2D eigenvalue weighted by Crippen LogP contribution is -2.35. The molecule has 0 aliphatic rings. The number of esters is 1. The van der Waals surface area contributed by atoms with Crippen molar-refractivity contribution in [2.75, 3.05) is 18.5 Å². The quantitative estimate of drug-likeness (QED) is 0.270. The Bertz CT molecular complexity index is 1170. The topological polar surface area (TPSA) is 96.5 Å². The number of nitrogens with one attached hydrogen (secondary N) is 3. The van der Waals surface area contributed by atoms with E-state index >= 15 is 0 Å².